The van der Waals surface area contributed by atoms with Crippen molar-refractivity contribution in [1.29, 1.82) is 0 Å². The molecule has 1 rings (SSSR count). The first-order valence-corrected chi connectivity index (χ1v) is 3.40. The third-order valence-corrected chi connectivity index (χ3v) is 1.55. The molecule has 1 aromatic rings. The van der Waals surface area contributed by atoms with Gasteiger partial charge in [0.2, 0.25) is 0 Å². The molecule has 6 heteroatoms. The molecule has 0 aliphatic rings. The molecule has 0 atom stereocenters. The van der Waals surface area contributed by atoms with Gasteiger partial charge in [-0.2, -0.15) is 0 Å². The van der Waals surface area contributed by atoms with Gasteiger partial charge >= 0.3 is 7.12 Å². The van der Waals surface area contributed by atoms with Gasteiger partial charge in [-0.05, 0) is 17.6 Å². The maximum absolute atomic E-state index is 12.9. The first kappa shape index (κ1) is 9.69. The number of carbonyl (C=O) groups excluding carboxylic acids is 1. The smallest absolute Gasteiger partial charge is 0.488 e. The highest BCUT2D eigenvalue weighted by molar-refractivity contribution is 6.58. The van der Waals surface area contributed by atoms with E-state index in [0.717, 1.165) is 12.1 Å². The van der Waals surface area contributed by atoms with E-state index in [1.807, 2.05) is 0 Å². The minimum Gasteiger partial charge on any atom is -0.507 e. The molecule has 0 aliphatic carbocycles. The fourth-order valence-corrected chi connectivity index (χ4v) is 0.889. The third kappa shape index (κ3) is 1.85. The van der Waals surface area contributed by atoms with Crippen LogP contribution in [0.2, 0.25) is 0 Å². The Morgan fingerprint density at radius 2 is 2.00 bits per heavy atom. The lowest BCUT2D eigenvalue weighted by atomic mass is 9.80. The summed E-state index contributed by atoms with van der Waals surface area (Å²) in [6, 6.07) is 1.69. The molecule has 68 valence electrons. The number of hydrogen-bond acceptors (Lipinski definition) is 4. The van der Waals surface area contributed by atoms with Crippen LogP contribution in [0.25, 0.3) is 0 Å². The largest absolute Gasteiger partial charge is 0.507 e. The first-order chi connectivity index (χ1) is 6.06. The van der Waals surface area contributed by atoms with Crippen LogP contribution in [0.15, 0.2) is 12.1 Å². The van der Waals surface area contributed by atoms with Crippen molar-refractivity contribution in [2.45, 2.75) is 0 Å². The summed E-state index contributed by atoms with van der Waals surface area (Å²) in [6.07, 6.45) is 0.151. The number of phenolic OH excluding ortho intramolecular Hbond substituents is 1. The second-order valence-electron chi connectivity index (χ2n) is 2.43. The average molecular weight is 184 g/mol. The highest BCUT2D eigenvalue weighted by Gasteiger charge is 2.16. The second-order valence-corrected chi connectivity index (χ2v) is 2.43. The Morgan fingerprint density at radius 3 is 2.38 bits per heavy atom. The van der Waals surface area contributed by atoms with Crippen molar-refractivity contribution in [2.24, 2.45) is 0 Å². The van der Waals surface area contributed by atoms with Gasteiger partial charge in [-0.15, -0.1) is 0 Å². The van der Waals surface area contributed by atoms with E-state index in [-0.39, 0.29) is 11.7 Å². The van der Waals surface area contributed by atoms with Crippen molar-refractivity contribution >= 4 is 18.9 Å². The number of halogens is 1. The van der Waals surface area contributed by atoms with Crippen LogP contribution in [0.5, 0.6) is 5.75 Å². The minimum atomic E-state index is -1.87. The number of phenols is 1. The monoisotopic (exact) mass is 184 g/mol. The summed E-state index contributed by atoms with van der Waals surface area (Å²) >= 11 is 0. The van der Waals surface area contributed by atoms with E-state index in [0.29, 0.717) is 0 Å². The fraction of sp³-hybridized carbons (Fsp3) is 0. The van der Waals surface area contributed by atoms with Gasteiger partial charge in [0, 0.05) is 0 Å². The van der Waals surface area contributed by atoms with E-state index in [1.165, 1.54) is 0 Å². The van der Waals surface area contributed by atoms with E-state index < -0.39 is 24.2 Å². The molecule has 0 aliphatic heterocycles. The Balaban J connectivity index is 3.28. The van der Waals surface area contributed by atoms with Gasteiger partial charge in [-0.25, -0.2) is 4.39 Å². The van der Waals surface area contributed by atoms with Crippen molar-refractivity contribution < 1.29 is 24.3 Å². The number of hydrogen-bond donors (Lipinski definition) is 3. The number of carbonyl (C=O) groups is 1. The molecule has 0 saturated carbocycles. The highest BCUT2D eigenvalue weighted by Crippen LogP contribution is 2.15. The van der Waals surface area contributed by atoms with E-state index in [4.69, 9.17) is 15.2 Å². The van der Waals surface area contributed by atoms with E-state index in [9.17, 15) is 9.18 Å². The highest BCUT2D eigenvalue weighted by atomic mass is 19.1. The summed E-state index contributed by atoms with van der Waals surface area (Å²) in [5.41, 5.74) is -0.704. The number of benzene rings is 1. The SMILES string of the molecule is O=Cc1c(O)cc(B(O)O)cc1F. The fourth-order valence-electron chi connectivity index (χ4n) is 0.889. The number of rotatable bonds is 2. The predicted octanol–water partition coefficient (Wildman–Crippen LogP) is -0.976. The molecular formula is C7H6BFO4. The molecule has 0 amide bonds. The molecule has 0 unspecified atom stereocenters. The van der Waals surface area contributed by atoms with Crippen molar-refractivity contribution in [3.8, 4) is 5.75 Å². The lowest BCUT2D eigenvalue weighted by Gasteiger charge is -2.03. The zero-order valence-electron chi connectivity index (χ0n) is 6.44. The van der Waals surface area contributed by atoms with Crippen LogP contribution >= 0.6 is 0 Å². The minimum absolute atomic E-state index is 0.151. The maximum atomic E-state index is 12.9. The molecule has 0 radical (unpaired) electrons. The van der Waals surface area contributed by atoms with E-state index in [1.54, 1.807) is 0 Å². The van der Waals surface area contributed by atoms with Crippen LogP contribution in [0.4, 0.5) is 4.39 Å². The molecule has 0 spiro atoms. The second kappa shape index (κ2) is 3.55. The van der Waals surface area contributed by atoms with Crippen LogP contribution in [0, 0.1) is 5.82 Å². The summed E-state index contributed by atoms with van der Waals surface area (Å²) in [6.45, 7) is 0. The zero-order valence-corrected chi connectivity index (χ0v) is 6.44. The zero-order chi connectivity index (χ0) is 10.0. The van der Waals surface area contributed by atoms with Crippen molar-refractivity contribution in [3.63, 3.8) is 0 Å². The quantitative estimate of drug-likeness (QED) is 0.407. The average Bonchev–Trinajstić information content (AvgIpc) is 2.03. The standard InChI is InChI=1S/C7H6BFO4/c9-6-1-4(8(12)13)2-7(11)5(6)3-10/h1-3,11-13H. The van der Waals surface area contributed by atoms with E-state index >= 15 is 0 Å². The first-order valence-electron chi connectivity index (χ1n) is 3.40. The van der Waals surface area contributed by atoms with Crippen molar-refractivity contribution in [3.05, 3.63) is 23.5 Å². The Hall–Kier alpha value is -1.40. The van der Waals surface area contributed by atoms with E-state index in [2.05, 4.69) is 0 Å². The normalized spacial score (nSPS) is 9.77. The summed E-state index contributed by atoms with van der Waals surface area (Å²) in [5.74, 6) is -1.60. The molecule has 0 fully saturated rings. The number of aldehydes is 1. The van der Waals surface area contributed by atoms with Crippen LogP contribution in [0.1, 0.15) is 10.4 Å². The van der Waals surface area contributed by atoms with Crippen LogP contribution in [0.3, 0.4) is 0 Å². The van der Waals surface area contributed by atoms with Crippen LogP contribution in [-0.4, -0.2) is 28.6 Å². The van der Waals surface area contributed by atoms with Crippen LogP contribution in [-0.2, 0) is 0 Å². The Labute approximate surface area is 73.4 Å². The molecule has 4 nitrogen and oxygen atoms in total. The number of aromatic hydroxyl groups is 1. The van der Waals surface area contributed by atoms with Crippen LogP contribution < -0.4 is 5.46 Å². The lowest BCUT2D eigenvalue weighted by Crippen LogP contribution is -2.30. The van der Waals surface area contributed by atoms with Crippen molar-refractivity contribution in [1.82, 2.24) is 0 Å². The predicted molar refractivity (Wildman–Crippen MR) is 43.3 cm³/mol. The Morgan fingerprint density at radius 1 is 1.38 bits per heavy atom. The lowest BCUT2D eigenvalue weighted by molar-refractivity contribution is 0.111. The van der Waals surface area contributed by atoms with Gasteiger partial charge < -0.3 is 15.2 Å². The molecule has 1 aromatic carbocycles. The summed E-state index contributed by atoms with van der Waals surface area (Å²) in [7, 11) is -1.87. The van der Waals surface area contributed by atoms with Crippen molar-refractivity contribution in [2.75, 3.05) is 0 Å². The summed E-state index contributed by atoms with van der Waals surface area (Å²) in [5, 5.41) is 26.3. The molecule has 0 bridgehead atoms. The molecule has 13 heavy (non-hydrogen) atoms. The maximum Gasteiger partial charge on any atom is 0.488 e. The van der Waals surface area contributed by atoms with Gasteiger partial charge in [-0.3, -0.25) is 4.79 Å². The third-order valence-electron chi connectivity index (χ3n) is 1.55. The molecule has 0 saturated heterocycles. The van der Waals surface area contributed by atoms with Gasteiger partial charge in [0.1, 0.15) is 11.6 Å². The summed E-state index contributed by atoms with van der Waals surface area (Å²) < 4.78 is 12.9. The Kier molecular flexibility index (Phi) is 2.65. The Bertz CT molecular complexity index is 316. The van der Waals surface area contributed by atoms with Gasteiger partial charge in [0.25, 0.3) is 0 Å². The van der Waals surface area contributed by atoms with Gasteiger partial charge in [-0.1, -0.05) is 0 Å². The molecular weight excluding hydrogens is 178 g/mol. The molecule has 3 N–H and O–H groups in total. The van der Waals surface area contributed by atoms with Gasteiger partial charge in [0.05, 0.1) is 5.56 Å². The van der Waals surface area contributed by atoms with Gasteiger partial charge in [0.15, 0.2) is 6.29 Å². The molecule has 0 aromatic heterocycles. The topological polar surface area (TPSA) is 77.8 Å². The summed E-state index contributed by atoms with van der Waals surface area (Å²) in [4.78, 5) is 10.2. The molecule has 0 heterocycles.